The van der Waals surface area contributed by atoms with Gasteiger partial charge in [-0.2, -0.15) is 0 Å². The Morgan fingerprint density at radius 1 is 1.21 bits per heavy atom. The van der Waals surface area contributed by atoms with Crippen LogP contribution in [0, 0.1) is 11.8 Å². The average Bonchev–Trinajstić information content (AvgIpc) is 2.75. The van der Waals surface area contributed by atoms with Crippen LogP contribution < -0.4 is 0 Å². The van der Waals surface area contributed by atoms with Crippen LogP contribution >= 0.6 is 15.9 Å². The predicted octanol–water partition coefficient (Wildman–Crippen LogP) is 4.81. The molecule has 0 radical (unpaired) electrons. The minimum absolute atomic E-state index is 0.737. The highest BCUT2D eigenvalue weighted by Gasteiger charge is 2.32. The molecule has 2 bridgehead atoms. The highest BCUT2D eigenvalue weighted by Crippen LogP contribution is 2.48. The van der Waals surface area contributed by atoms with E-state index >= 15 is 0 Å². The maximum absolute atomic E-state index is 3.76. The normalized spacial score (nSPS) is 29.3. The van der Waals surface area contributed by atoms with E-state index in [-0.39, 0.29) is 0 Å². The molecular formula is C13H19Br. The lowest BCUT2D eigenvalue weighted by atomic mass is 9.97. The van der Waals surface area contributed by atoms with Gasteiger partial charge in [-0.1, -0.05) is 59.8 Å². The first-order chi connectivity index (χ1) is 6.83. The minimum atomic E-state index is 0.737. The fraction of sp³-hybridized carbons (Fsp3) is 0.692. The van der Waals surface area contributed by atoms with Crippen LogP contribution in [-0.2, 0) is 0 Å². The number of allylic oxidation sites excluding steroid dienone is 4. The first kappa shape index (κ1) is 10.5. The third-order valence-corrected chi connectivity index (χ3v) is 4.56. The van der Waals surface area contributed by atoms with Crippen LogP contribution in [0.4, 0.5) is 0 Å². The number of hydrogen-bond acceptors (Lipinski definition) is 0. The lowest BCUT2D eigenvalue weighted by Gasteiger charge is -2.11. The maximum atomic E-state index is 3.76. The Bertz CT molecular complexity index is 262. The summed E-state index contributed by atoms with van der Waals surface area (Å²) in [5.74, 6) is 1.53. The molecule has 0 amide bonds. The number of hydrogen-bond donors (Lipinski definition) is 0. The molecule has 0 nitrogen and oxygen atoms in total. The van der Waals surface area contributed by atoms with Gasteiger partial charge in [-0.25, -0.2) is 0 Å². The van der Waals surface area contributed by atoms with Crippen LogP contribution in [0.1, 0.15) is 45.4 Å². The molecule has 2 aliphatic rings. The van der Waals surface area contributed by atoms with Crippen molar-refractivity contribution in [1.29, 1.82) is 0 Å². The van der Waals surface area contributed by atoms with Crippen molar-refractivity contribution in [1.82, 2.24) is 0 Å². The first-order valence-electron chi connectivity index (χ1n) is 5.89. The summed E-state index contributed by atoms with van der Waals surface area (Å²) in [7, 11) is 0. The van der Waals surface area contributed by atoms with Gasteiger partial charge in [0.05, 0.1) is 0 Å². The van der Waals surface area contributed by atoms with E-state index in [2.05, 4.69) is 35.0 Å². The molecule has 2 rings (SSSR count). The maximum Gasteiger partial charge on any atom is 0.00928 e. The van der Waals surface area contributed by atoms with Crippen molar-refractivity contribution >= 4 is 15.9 Å². The molecule has 1 heteroatoms. The number of unbranched alkanes of at least 4 members (excludes halogenated alkanes) is 3. The molecule has 0 aromatic carbocycles. The second-order valence-electron chi connectivity index (χ2n) is 4.52. The predicted molar refractivity (Wildman–Crippen MR) is 65.4 cm³/mol. The molecule has 0 aliphatic heterocycles. The Labute approximate surface area is 95.6 Å². The zero-order valence-corrected chi connectivity index (χ0v) is 10.5. The van der Waals surface area contributed by atoms with Crippen molar-refractivity contribution in [3.8, 4) is 0 Å². The molecule has 2 atom stereocenters. The molecule has 0 aromatic rings. The summed E-state index contributed by atoms with van der Waals surface area (Å²) in [6.45, 7) is 2.27. The lowest BCUT2D eigenvalue weighted by molar-refractivity contribution is 0.631. The van der Waals surface area contributed by atoms with E-state index in [0.29, 0.717) is 0 Å². The molecule has 2 aliphatic carbocycles. The monoisotopic (exact) mass is 254 g/mol. The van der Waals surface area contributed by atoms with E-state index < -0.39 is 0 Å². The number of fused-ring (bicyclic) bond motifs is 2. The van der Waals surface area contributed by atoms with Gasteiger partial charge in [0.2, 0.25) is 0 Å². The van der Waals surface area contributed by atoms with Gasteiger partial charge >= 0.3 is 0 Å². The van der Waals surface area contributed by atoms with E-state index in [0.717, 1.165) is 11.8 Å². The van der Waals surface area contributed by atoms with Crippen molar-refractivity contribution < 1.29 is 0 Å². The van der Waals surface area contributed by atoms with Crippen LogP contribution in [0.25, 0.3) is 0 Å². The third kappa shape index (κ3) is 1.98. The van der Waals surface area contributed by atoms with Crippen LogP contribution in [0.3, 0.4) is 0 Å². The highest BCUT2D eigenvalue weighted by molar-refractivity contribution is 9.11. The van der Waals surface area contributed by atoms with Crippen molar-refractivity contribution in [2.45, 2.75) is 45.4 Å². The summed E-state index contributed by atoms with van der Waals surface area (Å²) in [6.07, 6.45) is 13.0. The van der Waals surface area contributed by atoms with Gasteiger partial charge in [-0.3, -0.25) is 0 Å². The summed E-state index contributed by atoms with van der Waals surface area (Å²) in [5, 5.41) is 0. The van der Waals surface area contributed by atoms with E-state index in [9.17, 15) is 0 Å². The van der Waals surface area contributed by atoms with Crippen LogP contribution in [0.15, 0.2) is 22.2 Å². The molecule has 0 saturated carbocycles. The molecule has 0 N–H and O–H groups in total. The van der Waals surface area contributed by atoms with Crippen molar-refractivity contribution in [2.75, 3.05) is 0 Å². The van der Waals surface area contributed by atoms with Gasteiger partial charge < -0.3 is 0 Å². The van der Waals surface area contributed by atoms with E-state index in [1.54, 1.807) is 5.57 Å². The molecule has 0 heterocycles. The molecule has 0 fully saturated rings. The topological polar surface area (TPSA) is 0 Å². The van der Waals surface area contributed by atoms with E-state index in [1.807, 2.05) is 0 Å². The summed E-state index contributed by atoms with van der Waals surface area (Å²) in [6, 6.07) is 0. The standard InChI is InChI=1S/C13H19Br/c1-2-3-4-5-6-12-10-7-8-11(9-10)13(12)14/h7-8,10-11H,2-6,9H2,1H3/t10-,11+/m0/s1. The zero-order valence-electron chi connectivity index (χ0n) is 8.93. The zero-order chi connectivity index (χ0) is 9.97. The Hall–Kier alpha value is -0.0400. The summed E-state index contributed by atoms with van der Waals surface area (Å²) in [5.41, 5.74) is 1.70. The van der Waals surface area contributed by atoms with Crippen molar-refractivity contribution in [3.63, 3.8) is 0 Å². The van der Waals surface area contributed by atoms with Crippen LogP contribution in [0.2, 0.25) is 0 Å². The van der Waals surface area contributed by atoms with Gasteiger partial charge in [-0.15, -0.1) is 0 Å². The lowest BCUT2D eigenvalue weighted by Crippen LogP contribution is -1.95. The SMILES string of the molecule is CCCCCCC1=C(Br)[C@@H]2C=C[C@H]1C2. The Kier molecular flexibility index (Phi) is 3.48. The van der Waals surface area contributed by atoms with Gasteiger partial charge in [0.1, 0.15) is 0 Å². The smallest absolute Gasteiger partial charge is 0.00928 e. The highest BCUT2D eigenvalue weighted by atomic mass is 79.9. The van der Waals surface area contributed by atoms with E-state index in [4.69, 9.17) is 0 Å². The van der Waals surface area contributed by atoms with Crippen molar-refractivity contribution in [2.24, 2.45) is 11.8 Å². The Morgan fingerprint density at radius 2 is 2.00 bits per heavy atom. The number of rotatable bonds is 5. The molecule has 78 valence electrons. The molecule has 14 heavy (non-hydrogen) atoms. The quantitative estimate of drug-likeness (QED) is 0.488. The number of halogens is 1. The third-order valence-electron chi connectivity index (χ3n) is 3.46. The fourth-order valence-electron chi connectivity index (χ4n) is 2.61. The van der Waals surface area contributed by atoms with Gasteiger partial charge in [0.25, 0.3) is 0 Å². The van der Waals surface area contributed by atoms with Crippen LogP contribution in [0.5, 0.6) is 0 Å². The molecular weight excluding hydrogens is 236 g/mol. The molecule has 0 saturated heterocycles. The molecule has 0 spiro atoms. The summed E-state index contributed by atoms with van der Waals surface area (Å²) in [4.78, 5) is 0. The summed E-state index contributed by atoms with van der Waals surface area (Å²) < 4.78 is 1.52. The fourth-order valence-corrected chi connectivity index (χ4v) is 3.44. The molecule has 0 unspecified atom stereocenters. The Morgan fingerprint density at radius 3 is 2.64 bits per heavy atom. The van der Waals surface area contributed by atoms with E-state index in [1.165, 1.54) is 43.0 Å². The minimum Gasteiger partial charge on any atom is -0.0806 e. The van der Waals surface area contributed by atoms with Gasteiger partial charge in [0.15, 0.2) is 0 Å². The van der Waals surface area contributed by atoms with Crippen molar-refractivity contribution in [3.05, 3.63) is 22.2 Å². The average molecular weight is 255 g/mol. The first-order valence-corrected chi connectivity index (χ1v) is 6.69. The van der Waals surface area contributed by atoms with Gasteiger partial charge in [-0.05, 0) is 25.2 Å². The van der Waals surface area contributed by atoms with Gasteiger partial charge in [0, 0.05) is 10.4 Å². The largest absolute Gasteiger partial charge is 0.0806 e. The molecule has 0 aromatic heterocycles. The second-order valence-corrected chi connectivity index (χ2v) is 5.37. The summed E-state index contributed by atoms with van der Waals surface area (Å²) >= 11 is 3.76. The van der Waals surface area contributed by atoms with Crippen LogP contribution in [-0.4, -0.2) is 0 Å². The Balaban J connectivity index is 1.81. The second kappa shape index (κ2) is 4.65.